The second-order valence-electron chi connectivity index (χ2n) is 4.80. The molecule has 3 aromatic carbocycles. The van der Waals surface area contributed by atoms with Crippen LogP contribution < -0.4 is 4.74 Å². The van der Waals surface area contributed by atoms with Crippen LogP contribution in [0.1, 0.15) is 22.8 Å². The van der Waals surface area contributed by atoms with Gasteiger partial charge in [-0.15, -0.1) is 6.07 Å². The molecule has 25 heavy (non-hydrogen) atoms. The van der Waals surface area contributed by atoms with Gasteiger partial charge in [0.25, 0.3) is 0 Å². The van der Waals surface area contributed by atoms with Gasteiger partial charge < -0.3 is 45.0 Å². The summed E-state index contributed by atoms with van der Waals surface area (Å²) >= 11 is 0. The summed E-state index contributed by atoms with van der Waals surface area (Å²) in [6.45, 7) is 2.35. The van der Waals surface area contributed by atoms with Crippen LogP contribution in [0.3, 0.4) is 0 Å². The van der Waals surface area contributed by atoms with Crippen molar-refractivity contribution in [2.75, 3.05) is 6.61 Å². The number of Topliss-reactive ketones (excluding diaryl/α,β-unsaturated/α-hetero) is 1. The molecule has 0 unspecified atom stereocenters. The van der Waals surface area contributed by atoms with Gasteiger partial charge in [-0.3, -0.25) is 0 Å². The van der Waals surface area contributed by atoms with E-state index in [1.165, 1.54) is 6.07 Å². The molecule has 134 valence electrons. The summed E-state index contributed by atoms with van der Waals surface area (Å²) < 4.78 is 5.34. The molecule has 0 fully saturated rings. The number of carbonyl (C=O) groups excluding carboxylic acids is 1. The van der Waals surface area contributed by atoms with E-state index in [0.29, 0.717) is 23.5 Å². The first-order valence-electron chi connectivity index (χ1n) is 7.62. The van der Waals surface area contributed by atoms with Gasteiger partial charge in [0.1, 0.15) is 5.75 Å². The standard InChI is InChI=1S/C16H13O3.C5H5.Fe/c1-2-19-16-9-5-7-13(16)15(18)11-10-12-6-3-4-8-14(12)17;1-2-4-5-3-1;/h3-9,17H,2H2,1H3;1-5H;/q-1;-5;. The van der Waals surface area contributed by atoms with Crippen molar-refractivity contribution in [2.24, 2.45) is 0 Å². The SMILES string of the molecule is CCO[c-]1cccc1C(=O)C#Cc1ccccc1O.[Fe].[cH-]1[cH-][cH-][cH-][cH-]1. The average molecular weight is 374 g/mol. The minimum atomic E-state index is -0.322. The summed E-state index contributed by atoms with van der Waals surface area (Å²) in [5, 5.41) is 9.55. The minimum Gasteiger partial charge on any atom is -0.748 e. The van der Waals surface area contributed by atoms with E-state index in [0.717, 1.165) is 0 Å². The molecule has 4 heteroatoms. The zero-order chi connectivity index (χ0) is 17.2. The number of phenolic OH excluding ortho intramolecular Hbond substituents is 1. The number of rotatable bonds is 3. The number of ketones is 1. The van der Waals surface area contributed by atoms with Crippen LogP contribution in [-0.4, -0.2) is 17.5 Å². The van der Waals surface area contributed by atoms with Gasteiger partial charge in [0.15, 0.2) is 5.78 Å². The van der Waals surface area contributed by atoms with Gasteiger partial charge in [0, 0.05) is 22.8 Å². The summed E-state index contributed by atoms with van der Waals surface area (Å²) in [6, 6.07) is 21.8. The number of aromatic hydroxyl groups is 1. The number of carbonyl (C=O) groups is 1. The number of para-hydroxylation sites is 1. The third-order valence-corrected chi connectivity index (χ3v) is 3.09. The van der Waals surface area contributed by atoms with Crippen LogP contribution in [0.5, 0.6) is 11.5 Å². The van der Waals surface area contributed by atoms with Crippen LogP contribution in [0.25, 0.3) is 0 Å². The second kappa shape index (κ2) is 10.9. The van der Waals surface area contributed by atoms with Crippen LogP contribution in [0.4, 0.5) is 0 Å². The molecule has 0 spiro atoms. The second-order valence-corrected chi connectivity index (χ2v) is 4.80. The summed E-state index contributed by atoms with van der Waals surface area (Å²) in [6.07, 6.45) is 0. The fraction of sp³-hybridized carbons (Fsp3) is 0.0952. The van der Waals surface area contributed by atoms with Gasteiger partial charge in [-0.05, 0) is 19.1 Å². The molecule has 0 saturated heterocycles. The van der Waals surface area contributed by atoms with E-state index in [2.05, 4.69) is 11.8 Å². The van der Waals surface area contributed by atoms with Crippen molar-refractivity contribution in [1.29, 1.82) is 0 Å². The quantitative estimate of drug-likeness (QED) is 0.324. The van der Waals surface area contributed by atoms with E-state index in [1.54, 1.807) is 36.4 Å². The van der Waals surface area contributed by atoms with Crippen LogP contribution in [0.2, 0.25) is 0 Å². The smallest absolute Gasteiger partial charge is 0.153 e. The first-order chi connectivity index (χ1) is 11.7. The molecule has 3 rings (SSSR count). The predicted octanol–water partition coefficient (Wildman–Crippen LogP) is 4.15. The largest absolute Gasteiger partial charge is 0.748 e. The van der Waals surface area contributed by atoms with Crippen molar-refractivity contribution < 1.29 is 31.7 Å². The zero-order valence-corrected chi connectivity index (χ0v) is 14.9. The average Bonchev–Trinajstić information content (AvgIpc) is 3.29. The molecule has 0 bridgehead atoms. The van der Waals surface area contributed by atoms with Crippen LogP contribution in [0, 0.1) is 11.8 Å². The molecule has 0 aliphatic carbocycles. The normalized spacial score (nSPS) is 8.84. The molecule has 0 amide bonds. The molecule has 3 nitrogen and oxygen atoms in total. The molecule has 0 aromatic heterocycles. The summed E-state index contributed by atoms with van der Waals surface area (Å²) in [5.41, 5.74) is 0.880. The van der Waals surface area contributed by atoms with E-state index < -0.39 is 0 Å². The van der Waals surface area contributed by atoms with Crippen LogP contribution >= 0.6 is 0 Å². The Morgan fingerprint density at radius 2 is 1.76 bits per heavy atom. The fourth-order valence-corrected chi connectivity index (χ4v) is 1.96. The Kier molecular flexibility index (Phi) is 8.89. The topological polar surface area (TPSA) is 46.5 Å². The van der Waals surface area contributed by atoms with Crippen LogP contribution in [-0.2, 0) is 17.1 Å². The molecule has 0 aliphatic rings. The first-order valence-corrected chi connectivity index (χ1v) is 7.62. The molecule has 0 heterocycles. The minimum absolute atomic E-state index is 0. The number of ether oxygens (including phenoxy) is 1. The Bertz CT molecular complexity index is 803. The summed E-state index contributed by atoms with van der Waals surface area (Å²) in [4.78, 5) is 12.0. The number of benzene rings is 1. The van der Waals surface area contributed by atoms with Gasteiger partial charge in [-0.25, -0.2) is 0 Å². The fourth-order valence-electron chi connectivity index (χ4n) is 1.96. The molecule has 0 radical (unpaired) electrons. The third kappa shape index (κ3) is 6.35. The number of phenols is 1. The number of hydrogen-bond acceptors (Lipinski definition) is 3. The van der Waals surface area contributed by atoms with Crippen molar-refractivity contribution in [2.45, 2.75) is 6.92 Å². The maximum absolute atomic E-state index is 12.0. The van der Waals surface area contributed by atoms with Gasteiger partial charge >= 0.3 is 0 Å². The molecule has 1 N–H and O–H groups in total. The monoisotopic (exact) mass is 374 g/mol. The van der Waals surface area contributed by atoms with E-state index in [4.69, 9.17) is 4.74 Å². The van der Waals surface area contributed by atoms with Crippen molar-refractivity contribution in [3.63, 3.8) is 0 Å². The summed E-state index contributed by atoms with van der Waals surface area (Å²) in [7, 11) is 0. The predicted molar refractivity (Wildman–Crippen MR) is 94.6 cm³/mol. The molecule has 0 aliphatic heterocycles. The molecular formula is C21H18FeO3-6. The zero-order valence-electron chi connectivity index (χ0n) is 13.8. The summed E-state index contributed by atoms with van der Waals surface area (Å²) in [5.74, 6) is 5.46. The Morgan fingerprint density at radius 1 is 1.12 bits per heavy atom. The first kappa shape index (κ1) is 20.3. The van der Waals surface area contributed by atoms with Gasteiger partial charge in [0.05, 0.1) is 12.2 Å². The van der Waals surface area contributed by atoms with Crippen molar-refractivity contribution in [3.05, 3.63) is 83.9 Å². The maximum atomic E-state index is 12.0. The van der Waals surface area contributed by atoms with Crippen LogP contribution in [0.15, 0.2) is 72.8 Å². The third-order valence-electron chi connectivity index (χ3n) is 3.09. The van der Waals surface area contributed by atoms with Crippen molar-refractivity contribution in [3.8, 4) is 23.3 Å². The van der Waals surface area contributed by atoms with Gasteiger partial charge in [-0.1, -0.05) is 29.5 Å². The molecule has 0 atom stereocenters. The van der Waals surface area contributed by atoms with E-state index in [1.807, 2.05) is 37.3 Å². The Labute approximate surface area is 158 Å². The van der Waals surface area contributed by atoms with Crippen molar-refractivity contribution in [1.82, 2.24) is 0 Å². The van der Waals surface area contributed by atoms with E-state index in [-0.39, 0.29) is 28.6 Å². The van der Waals surface area contributed by atoms with Gasteiger partial charge in [0.2, 0.25) is 0 Å². The van der Waals surface area contributed by atoms with Gasteiger partial charge in [-0.2, -0.15) is 12.1 Å². The molecule has 0 saturated carbocycles. The Balaban J connectivity index is 0.000000448. The van der Waals surface area contributed by atoms with Crippen molar-refractivity contribution >= 4 is 5.78 Å². The number of hydrogen-bond donors (Lipinski definition) is 1. The Hall–Kier alpha value is -2.73. The van der Waals surface area contributed by atoms with E-state index >= 15 is 0 Å². The molecule has 3 aromatic rings. The maximum Gasteiger partial charge on any atom is 0.153 e. The Morgan fingerprint density at radius 3 is 2.36 bits per heavy atom. The molecular weight excluding hydrogens is 356 g/mol. The van der Waals surface area contributed by atoms with E-state index in [9.17, 15) is 9.90 Å².